The molecule has 31 heavy (non-hydrogen) atoms. The molecule has 0 aliphatic heterocycles. The van der Waals surface area contributed by atoms with Gasteiger partial charge in [-0.15, -0.1) is 11.8 Å². The summed E-state index contributed by atoms with van der Waals surface area (Å²) in [6, 6.07) is 19.7. The van der Waals surface area contributed by atoms with Crippen LogP contribution < -0.4 is 5.32 Å². The molecule has 0 aliphatic carbocycles. The molecule has 2 aromatic carbocycles. The molecule has 156 valence electrons. The lowest BCUT2D eigenvalue weighted by Gasteiger charge is -2.09. The molecule has 0 radical (unpaired) electrons. The Kier molecular flexibility index (Phi) is 6.59. The zero-order valence-electron chi connectivity index (χ0n) is 16.9. The number of carbonyl (C=O) groups excluding carboxylic acids is 1. The Morgan fingerprint density at radius 2 is 1.90 bits per heavy atom. The highest BCUT2D eigenvalue weighted by molar-refractivity contribution is 7.98. The second-order valence-corrected chi connectivity index (χ2v) is 8.46. The number of nitrogens with zero attached hydrogens (tertiary/aromatic N) is 3. The second-order valence-electron chi connectivity index (χ2n) is 7.03. The predicted molar refractivity (Wildman–Crippen MR) is 126 cm³/mol. The zero-order valence-corrected chi connectivity index (χ0v) is 18.5. The van der Waals surface area contributed by atoms with Crippen molar-refractivity contribution >= 4 is 35.6 Å². The average molecular weight is 448 g/mol. The summed E-state index contributed by atoms with van der Waals surface area (Å²) in [5, 5.41) is 10.0. The van der Waals surface area contributed by atoms with E-state index in [1.54, 1.807) is 22.5 Å². The van der Waals surface area contributed by atoms with Crippen LogP contribution >= 0.6 is 24.0 Å². The second kappa shape index (κ2) is 9.72. The first-order valence-corrected chi connectivity index (χ1v) is 11.1. The van der Waals surface area contributed by atoms with Crippen molar-refractivity contribution in [1.82, 2.24) is 19.7 Å². The summed E-state index contributed by atoms with van der Waals surface area (Å²) >= 11 is 7.05. The van der Waals surface area contributed by atoms with Crippen molar-refractivity contribution in [2.75, 3.05) is 5.32 Å². The normalized spacial score (nSPS) is 10.7. The molecular formula is C23H21N5OS2. The van der Waals surface area contributed by atoms with Crippen molar-refractivity contribution in [3.05, 3.63) is 89.0 Å². The molecule has 0 aliphatic rings. The predicted octanol–water partition coefficient (Wildman–Crippen LogP) is 5.24. The Bertz CT molecular complexity index is 1220. The number of pyridine rings is 1. The van der Waals surface area contributed by atoms with Gasteiger partial charge in [0.15, 0.2) is 10.6 Å². The number of thioether (sulfide) groups is 1. The van der Waals surface area contributed by atoms with Gasteiger partial charge in [-0.25, -0.2) is 0 Å². The standard InChI is InChI=1S/C23H21N5OS2/c1-16-4-6-18(7-5-16)22-26-27-23(30)28(22)14-21(29)25-19-8-10-20(11-9-19)31-15-17-3-2-12-24-13-17/h2-13H,14-15H2,1H3,(H,25,29)(H,27,30). The van der Waals surface area contributed by atoms with Crippen LogP contribution in [0.2, 0.25) is 0 Å². The molecule has 2 N–H and O–H groups in total. The molecular weight excluding hydrogens is 426 g/mol. The van der Waals surface area contributed by atoms with Crippen molar-refractivity contribution < 1.29 is 4.79 Å². The summed E-state index contributed by atoms with van der Waals surface area (Å²) in [5.41, 5.74) is 3.97. The minimum Gasteiger partial charge on any atom is -0.325 e. The minimum atomic E-state index is -0.165. The van der Waals surface area contributed by atoms with E-state index in [1.807, 2.05) is 67.7 Å². The van der Waals surface area contributed by atoms with E-state index >= 15 is 0 Å². The van der Waals surface area contributed by atoms with Crippen LogP contribution in [0.1, 0.15) is 11.1 Å². The van der Waals surface area contributed by atoms with Crippen LogP contribution in [0, 0.1) is 11.7 Å². The van der Waals surface area contributed by atoms with Crippen LogP contribution in [0.3, 0.4) is 0 Å². The van der Waals surface area contributed by atoms with Crippen molar-refractivity contribution in [3.63, 3.8) is 0 Å². The Morgan fingerprint density at radius 3 is 2.61 bits per heavy atom. The van der Waals surface area contributed by atoms with E-state index in [1.165, 1.54) is 5.56 Å². The van der Waals surface area contributed by atoms with Crippen LogP contribution in [0.4, 0.5) is 5.69 Å². The summed E-state index contributed by atoms with van der Waals surface area (Å²) < 4.78 is 2.11. The van der Waals surface area contributed by atoms with Gasteiger partial charge in [-0.3, -0.25) is 19.4 Å². The van der Waals surface area contributed by atoms with Crippen LogP contribution in [0.5, 0.6) is 0 Å². The van der Waals surface area contributed by atoms with Gasteiger partial charge < -0.3 is 5.32 Å². The van der Waals surface area contributed by atoms with Crippen LogP contribution in [0.25, 0.3) is 11.4 Å². The van der Waals surface area contributed by atoms with E-state index in [-0.39, 0.29) is 12.5 Å². The fourth-order valence-electron chi connectivity index (χ4n) is 3.02. The number of aryl methyl sites for hydroxylation is 1. The largest absolute Gasteiger partial charge is 0.325 e. The molecule has 0 atom stereocenters. The Balaban J connectivity index is 1.39. The molecule has 1 amide bonds. The maximum absolute atomic E-state index is 12.6. The molecule has 4 aromatic rings. The number of aromatic nitrogens is 4. The molecule has 0 saturated carbocycles. The molecule has 0 unspecified atom stereocenters. The molecule has 0 fully saturated rings. The third-order valence-corrected chi connectivity index (χ3v) is 6.03. The van der Waals surface area contributed by atoms with Gasteiger partial charge in [0, 0.05) is 34.3 Å². The van der Waals surface area contributed by atoms with E-state index in [2.05, 4.69) is 26.6 Å². The SMILES string of the molecule is Cc1ccc(-c2n[nH]c(=S)n2CC(=O)Nc2ccc(SCc3cccnc3)cc2)cc1. The first-order chi connectivity index (χ1) is 15.1. The molecule has 6 nitrogen and oxygen atoms in total. The molecule has 0 bridgehead atoms. The Hall–Kier alpha value is -3.23. The van der Waals surface area contributed by atoms with Gasteiger partial charge in [-0.1, -0.05) is 35.9 Å². The van der Waals surface area contributed by atoms with Gasteiger partial charge in [0.05, 0.1) is 0 Å². The Morgan fingerprint density at radius 1 is 1.13 bits per heavy atom. The topological polar surface area (TPSA) is 75.6 Å². The maximum atomic E-state index is 12.6. The smallest absolute Gasteiger partial charge is 0.244 e. The van der Waals surface area contributed by atoms with Crippen molar-refractivity contribution in [3.8, 4) is 11.4 Å². The lowest BCUT2D eigenvalue weighted by atomic mass is 10.1. The zero-order chi connectivity index (χ0) is 21.6. The highest BCUT2D eigenvalue weighted by Crippen LogP contribution is 2.24. The monoisotopic (exact) mass is 447 g/mol. The number of hydrogen-bond donors (Lipinski definition) is 2. The van der Waals surface area contributed by atoms with Gasteiger partial charge in [0.1, 0.15) is 6.54 Å². The molecule has 2 heterocycles. The molecule has 0 spiro atoms. The fraction of sp³-hybridized carbons (Fsp3) is 0.130. The first kappa shape index (κ1) is 21.0. The van der Waals surface area contributed by atoms with Gasteiger partial charge in [-0.2, -0.15) is 5.10 Å². The number of hydrogen-bond acceptors (Lipinski definition) is 5. The lowest BCUT2D eigenvalue weighted by Crippen LogP contribution is -2.19. The number of H-pyrrole nitrogens is 1. The van der Waals surface area contributed by atoms with E-state index < -0.39 is 0 Å². The Labute approximate surface area is 189 Å². The lowest BCUT2D eigenvalue weighted by molar-refractivity contribution is -0.116. The van der Waals surface area contributed by atoms with E-state index in [0.717, 1.165) is 27.5 Å². The van der Waals surface area contributed by atoms with Gasteiger partial charge in [0.25, 0.3) is 0 Å². The summed E-state index contributed by atoms with van der Waals surface area (Å²) in [6.45, 7) is 2.10. The maximum Gasteiger partial charge on any atom is 0.244 e. The van der Waals surface area contributed by atoms with E-state index in [0.29, 0.717) is 10.6 Å². The van der Waals surface area contributed by atoms with E-state index in [9.17, 15) is 4.79 Å². The number of aromatic amines is 1. The minimum absolute atomic E-state index is 0.0794. The first-order valence-electron chi connectivity index (χ1n) is 9.72. The number of anilines is 1. The van der Waals surface area contributed by atoms with Crippen molar-refractivity contribution in [2.45, 2.75) is 24.1 Å². The number of amides is 1. The average Bonchev–Trinajstić information content (AvgIpc) is 3.14. The number of carbonyl (C=O) groups is 1. The fourth-order valence-corrected chi connectivity index (χ4v) is 4.05. The van der Waals surface area contributed by atoms with Gasteiger partial charge >= 0.3 is 0 Å². The number of benzene rings is 2. The van der Waals surface area contributed by atoms with Crippen LogP contribution in [0.15, 0.2) is 78.0 Å². The van der Waals surface area contributed by atoms with Gasteiger partial charge in [-0.05, 0) is 55.0 Å². The third kappa shape index (κ3) is 5.48. The third-order valence-electron chi connectivity index (χ3n) is 4.64. The van der Waals surface area contributed by atoms with Crippen molar-refractivity contribution in [2.24, 2.45) is 0 Å². The van der Waals surface area contributed by atoms with Crippen molar-refractivity contribution in [1.29, 1.82) is 0 Å². The number of nitrogens with one attached hydrogen (secondary N) is 2. The van der Waals surface area contributed by atoms with Crippen LogP contribution in [-0.4, -0.2) is 25.7 Å². The summed E-state index contributed by atoms with van der Waals surface area (Å²) in [6.07, 6.45) is 3.64. The summed E-state index contributed by atoms with van der Waals surface area (Å²) in [7, 11) is 0. The molecule has 8 heteroatoms. The summed E-state index contributed by atoms with van der Waals surface area (Å²) in [5.74, 6) is 1.32. The molecule has 4 rings (SSSR count). The quantitative estimate of drug-likeness (QED) is 0.299. The summed E-state index contributed by atoms with van der Waals surface area (Å²) in [4.78, 5) is 17.9. The molecule has 0 saturated heterocycles. The molecule has 2 aromatic heterocycles. The van der Waals surface area contributed by atoms with Crippen LogP contribution in [-0.2, 0) is 17.1 Å². The van der Waals surface area contributed by atoms with E-state index in [4.69, 9.17) is 12.2 Å². The highest BCUT2D eigenvalue weighted by Gasteiger charge is 2.12. The van der Waals surface area contributed by atoms with Gasteiger partial charge in [0.2, 0.25) is 5.91 Å². The highest BCUT2D eigenvalue weighted by atomic mass is 32.2. The number of rotatable bonds is 7.